The number of nitrogens with one attached hydrogen (secondary N) is 1. The van der Waals surface area contributed by atoms with Crippen molar-refractivity contribution in [3.05, 3.63) is 0 Å². The summed E-state index contributed by atoms with van der Waals surface area (Å²) in [7, 11) is 0. The van der Waals surface area contributed by atoms with Crippen LogP contribution in [0.2, 0.25) is 0 Å². The second-order valence-corrected chi connectivity index (χ2v) is 4.40. The van der Waals surface area contributed by atoms with Gasteiger partial charge in [-0.3, -0.25) is 10.2 Å². The van der Waals surface area contributed by atoms with E-state index in [4.69, 9.17) is 10.6 Å². The first-order chi connectivity index (χ1) is 7.02. The number of rotatable bonds is 7. The topological polar surface area (TPSA) is 64.3 Å². The van der Waals surface area contributed by atoms with Gasteiger partial charge in [0.25, 0.3) is 5.91 Å². The van der Waals surface area contributed by atoms with E-state index in [9.17, 15) is 4.79 Å². The fourth-order valence-corrected chi connectivity index (χ4v) is 1.50. The van der Waals surface area contributed by atoms with E-state index >= 15 is 0 Å². The van der Waals surface area contributed by atoms with Gasteiger partial charge in [0.1, 0.15) is 6.10 Å². The van der Waals surface area contributed by atoms with Gasteiger partial charge in [0.15, 0.2) is 0 Å². The van der Waals surface area contributed by atoms with Crippen LogP contribution in [-0.2, 0) is 9.53 Å². The molecule has 0 aliphatic rings. The molecule has 0 aliphatic heterocycles. The van der Waals surface area contributed by atoms with Crippen molar-refractivity contribution < 1.29 is 9.53 Å². The van der Waals surface area contributed by atoms with Gasteiger partial charge in [-0.05, 0) is 18.3 Å². The van der Waals surface area contributed by atoms with Crippen LogP contribution in [0.3, 0.4) is 0 Å². The minimum absolute atomic E-state index is 0.141. The molecule has 2 unspecified atom stereocenters. The highest BCUT2D eigenvalue weighted by molar-refractivity contribution is 5.80. The first-order valence-corrected chi connectivity index (χ1v) is 5.64. The maximum absolute atomic E-state index is 11.4. The summed E-state index contributed by atoms with van der Waals surface area (Å²) in [4.78, 5) is 11.4. The van der Waals surface area contributed by atoms with Crippen LogP contribution < -0.4 is 11.3 Å². The van der Waals surface area contributed by atoms with Crippen molar-refractivity contribution in [2.75, 3.05) is 6.61 Å². The molecule has 0 aromatic rings. The monoisotopic (exact) mass is 216 g/mol. The van der Waals surface area contributed by atoms with Gasteiger partial charge in [-0.25, -0.2) is 5.84 Å². The van der Waals surface area contributed by atoms with E-state index in [0.29, 0.717) is 12.5 Å². The molecule has 0 aromatic heterocycles. The number of hydrogen-bond donors (Lipinski definition) is 2. The number of carbonyl (C=O) groups is 1. The molecule has 4 heteroatoms. The summed E-state index contributed by atoms with van der Waals surface area (Å²) in [5.41, 5.74) is 2.14. The average molecular weight is 216 g/mol. The third-order valence-electron chi connectivity index (χ3n) is 2.35. The Bertz CT molecular complexity index is 183. The number of hydrazine groups is 1. The second kappa shape index (κ2) is 7.65. The average Bonchev–Trinajstić information content (AvgIpc) is 2.17. The van der Waals surface area contributed by atoms with Crippen LogP contribution in [0.25, 0.3) is 0 Å². The molecule has 0 bridgehead atoms. The smallest absolute Gasteiger partial charge is 0.263 e. The van der Waals surface area contributed by atoms with Crippen molar-refractivity contribution in [3.63, 3.8) is 0 Å². The Morgan fingerprint density at radius 1 is 1.40 bits per heavy atom. The summed E-state index contributed by atoms with van der Waals surface area (Å²) in [5, 5.41) is 0. The fraction of sp³-hybridized carbons (Fsp3) is 0.909. The number of hydrogen-bond acceptors (Lipinski definition) is 3. The fourth-order valence-electron chi connectivity index (χ4n) is 1.50. The molecule has 0 heterocycles. The molecule has 3 N–H and O–H groups in total. The van der Waals surface area contributed by atoms with Crippen LogP contribution in [0.1, 0.15) is 40.5 Å². The molecule has 0 fully saturated rings. The molecule has 0 spiro atoms. The Kier molecular flexibility index (Phi) is 7.34. The van der Waals surface area contributed by atoms with Crippen molar-refractivity contribution in [1.82, 2.24) is 5.43 Å². The molecule has 0 saturated carbocycles. The minimum Gasteiger partial charge on any atom is -0.368 e. The summed E-state index contributed by atoms with van der Waals surface area (Å²) in [6.07, 6.45) is 1.82. The van der Waals surface area contributed by atoms with Crippen molar-refractivity contribution in [2.45, 2.75) is 46.6 Å². The Morgan fingerprint density at radius 3 is 2.40 bits per heavy atom. The quantitative estimate of drug-likeness (QED) is 0.384. The van der Waals surface area contributed by atoms with Gasteiger partial charge in [-0.1, -0.05) is 34.1 Å². The largest absolute Gasteiger partial charge is 0.368 e. The van der Waals surface area contributed by atoms with Crippen LogP contribution in [-0.4, -0.2) is 18.6 Å². The first-order valence-electron chi connectivity index (χ1n) is 5.64. The van der Waals surface area contributed by atoms with Crippen LogP contribution in [0.5, 0.6) is 0 Å². The lowest BCUT2D eigenvalue weighted by Crippen LogP contribution is -2.43. The summed E-state index contributed by atoms with van der Waals surface area (Å²) in [6.45, 7) is 8.78. The normalized spacial score (nSPS) is 15.1. The lowest BCUT2D eigenvalue weighted by molar-refractivity contribution is -0.136. The zero-order valence-corrected chi connectivity index (χ0v) is 10.2. The third kappa shape index (κ3) is 5.74. The highest BCUT2D eigenvalue weighted by Crippen LogP contribution is 2.11. The van der Waals surface area contributed by atoms with Gasteiger partial charge >= 0.3 is 0 Å². The molecular formula is C11H24N2O2. The van der Waals surface area contributed by atoms with E-state index < -0.39 is 6.10 Å². The van der Waals surface area contributed by atoms with Gasteiger partial charge in [-0.2, -0.15) is 0 Å². The van der Waals surface area contributed by atoms with Gasteiger partial charge in [0.2, 0.25) is 0 Å². The number of amides is 1. The highest BCUT2D eigenvalue weighted by Gasteiger charge is 2.22. The molecule has 0 saturated heterocycles. The predicted octanol–water partition coefficient (Wildman–Crippen LogP) is 1.45. The maximum Gasteiger partial charge on any atom is 0.263 e. The standard InChI is InChI=1S/C11H24N2O2/c1-5-6-9(4)7-15-10(8(2)3)11(14)13-12/h8-10H,5-7,12H2,1-4H3,(H,13,14). The van der Waals surface area contributed by atoms with Crippen LogP contribution in [0, 0.1) is 11.8 Å². The maximum atomic E-state index is 11.4. The lowest BCUT2D eigenvalue weighted by atomic mass is 10.1. The van der Waals surface area contributed by atoms with Crippen molar-refractivity contribution in [1.29, 1.82) is 0 Å². The first kappa shape index (κ1) is 14.4. The predicted molar refractivity (Wildman–Crippen MR) is 61.0 cm³/mol. The Morgan fingerprint density at radius 2 is 2.00 bits per heavy atom. The highest BCUT2D eigenvalue weighted by atomic mass is 16.5. The Hall–Kier alpha value is -0.610. The second-order valence-electron chi connectivity index (χ2n) is 4.40. The summed E-state index contributed by atoms with van der Waals surface area (Å²) < 4.78 is 5.58. The summed E-state index contributed by atoms with van der Waals surface area (Å²) in [5.74, 6) is 5.48. The van der Waals surface area contributed by atoms with Crippen molar-refractivity contribution in [3.8, 4) is 0 Å². The molecule has 1 amide bonds. The van der Waals surface area contributed by atoms with Crippen molar-refractivity contribution in [2.24, 2.45) is 17.7 Å². The Balaban J connectivity index is 4.02. The van der Waals surface area contributed by atoms with E-state index in [1.165, 1.54) is 0 Å². The van der Waals surface area contributed by atoms with Gasteiger partial charge < -0.3 is 4.74 Å². The SMILES string of the molecule is CCCC(C)COC(C(=O)NN)C(C)C. The lowest BCUT2D eigenvalue weighted by Gasteiger charge is -2.21. The van der Waals surface area contributed by atoms with E-state index in [-0.39, 0.29) is 11.8 Å². The molecule has 0 aromatic carbocycles. The molecule has 4 nitrogen and oxygen atoms in total. The minimum atomic E-state index is -0.436. The van der Waals surface area contributed by atoms with Gasteiger partial charge in [0.05, 0.1) is 6.61 Å². The summed E-state index contributed by atoms with van der Waals surface area (Å²) in [6, 6.07) is 0. The van der Waals surface area contributed by atoms with E-state index in [1.54, 1.807) is 0 Å². The van der Waals surface area contributed by atoms with E-state index in [1.807, 2.05) is 13.8 Å². The van der Waals surface area contributed by atoms with Crippen molar-refractivity contribution >= 4 is 5.91 Å². The van der Waals surface area contributed by atoms with Gasteiger partial charge in [0, 0.05) is 0 Å². The van der Waals surface area contributed by atoms with Crippen LogP contribution in [0.15, 0.2) is 0 Å². The summed E-state index contributed by atoms with van der Waals surface area (Å²) >= 11 is 0. The van der Waals surface area contributed by atoms with Gasteiger partial charge in [-0.15, -0.1) is 0 Å². The molecule has 0 radical (unpaired) electrons. The molecule has 90 valence electrons. The molecule has 15 heavy (non-hydrogen) atoms. The van der Waals surface area contributed by atoms with Crippen LogP contribution >= 0.6 is 0 Å². The van der Waals surface area contributed by atoms with E-state index in [0.717, 1.165) is 12.8 Å². The number of nitrogens with two attached hydrogens (primary N) is 1. The number of ether oxygens (including phenoxy) is 1. The molecule has 0 rings (SSSR count). The van der Waals surface area contributed by atoms with Crippen LogP contribution in [0.4, 0.5) is 0 Å². The van der Waals surface area contributed by atoms with E-state index in [2.05, 4.69) is 19.3 Å². The molecular weight excluding hydrogens is 192 g/mol. The zero-order valence-electron chi connectivity index (χ0n) is 10.2. The Labute approximate surface area is 92.5 Å². The zero-order chi connectivity index (χ0) is 11.8. The molecule has 0 aliphatic carbocycles. The third-order valence-corrected chi connectivity index (χ3v) is 2.35. The number of carbonyl (C=O) groups excluding carboxylic acids is 1. The molecule has 2 atom stereocenters.